The van der Waals surface area contributed by atoms with Gasteiger partial charge in [-0.3, -0.25) is 9.59 Å². The minimum absolute atomic E-state index is 0.00164. The number of hydrogen-bond acceptors (Lipinski definition) is 3. The van der Waals surface area contributed by atoms with Crippen LogP contribution in [0.25, 0.3) is 0 Å². The van der Waals surface area contributed by atoms with Crippen LogP contribution in [0.2, 0.25) is 0 Å². The largest absolute Gasteiger partial charge is 0.343 e. The Morgan fingerprint density at radius 2 is 1.90 bits per heavy atom. The topological polar surface area (TPSA) is 52.7 Å². The second kappa shape index (κ2) is 5.72. The van der Waals surface area contributed by atoms with E-state index < -0.39 is 6.04 Å². The summed E-state index contributed by atoms with van der Waals surface area (Å²) >= 11 is 0. The van der Waals surface area contributed by atoms with Crippen LogP contribution in [0.5, 0.6) is 0 Å². The number of nitrogens with one attached hydrogen (secondary N) is 1. The van der Waals surface area contributed by atoms with Crippen LogP contribution in [0.1, 0.15) is 34.1 Å². The molecule has 2 heterocycles. The molecule has 0 aliphatic carbocycles. The first-order chi connectivity index (χ1) is 9.32. The number of amides is 2. The fourth-order valence-electron chi connectivity index (χ4n) is 3.60. The lowest BCUT2D eigenvalue weighted by Gasteiger charge is -2.48. The monoisotopic (exact) mass is 281 g/mol. The first kappa shape index (κ1) is 15.3. The lowest BCUT2D eigenvalue weighted by atomic mass is 9.87. The van der Waals surface area contributed by atoms with E-state index in [0.717, 1.165) is 19.5 Å². The quantitative estimate of drug-likeness (QED) is 0.810. The highest BCUT2D eigenvalue weighted by molar-refractivity contribution is 5.97. The van der Waals surface area contributed by atoms with Gasteiger partial charge in [-0.25, -0.2) is 0 Å². The zero-order valence-electron chi connectivity index (χ0n) is 13.2. The molecule has 2 rings (SSSR count). The van der Waals surface area contributed by atoms with Crippen LogP contribution in [0.4, 0.5) is 0 Å². The molecule has 4 atom stereocenters. The zero-order valence-corrected chi connectivity index (χ0v) is 13.2. The SMILES string of the molecule is CC1NC(=O)C(C(C)C)N(C2CCN(C)CC2C)C1=O. The highest BCUT2D eigenvalue weighted by Crippen LogP contribution is 2.28. The van der Waals surface area contributed by atoms with Crippen molar-refractivity contribution >= 4 is 11.8 Å². The van der Waals surface area contributed by atoms with Crippen molar-refractivity contribution in [2.24, 2.45) is 11.8 Å². The fourth-order valence-corrected chi connectivity index (χ4v) is 3.60. The number of carbonyl (C=O) groups excluding carboxylic acids is 2. The van der Waals surface area contributed by atoms with Gasteiger partial charge in [0.15, 0.2) is 0 Å². The van der Waals surface area contributed by atoms with Gasteiger partial charge in [-0.1, -0.05) is 20.8 Å². The molecule has 0 aromatic rings. The molecular formula is C15H27N3O2. The summed E-state index contributed by atoms with van der Waals surface area (Å²) in [7, 11) is 2.11. The van der Waals surface area contributed by atoms with Crippen LogP contribution in [-0.4, -0.2) is 59.9 Å². The average molecular weight is 281 g/mol. The molecule has 2 aliphatic rings. The molecule has 2 amide bonds. The standard InChI is InChI=1S/C15H27N3O2/c1-9(2)13-14(19)16-11(4)15(20)18(13)12-6-7-17(5)8-10(12)3/h9-13H,6-8H2,1-5H3,(H,16,19). The van der Waals surface area contributed by atoms with Gasteiger partial charge in [0, 0.05) is 12.6 Å². The van der Waals surface area contributed by atoms with E-state index in [1.165, 1.54) is 0 Å². The Balaban J connectivity index is 2.28. The van der Waals surface area contributed by atoms with E-state index in [0.29, 0.717) is 5.92 Å². The minimum Gasteiger partial charge on any atom is -0.343 e. The summed E-state index contributed by atoms with van der Waals surface area (Å²) in [6, 6.07) is -0.543. The van der Waals surface area contributed by atoms with Gasteiger partial charge in [0.05, 0.1) is 0 Å². The smallest absolute Gasteiger partial charge is 0.245 e. The molecule has 0 aromatic heterocycles. The van der Waals surface area contributed by atoms with Gasteiger partial charge >= 0.3 is 0 Å². The second-order valence-electron chi connectivity index (χ2n) is 6.76. The minimum atomic E-state index is -0.399. The molecule has 0 aromatic carbocycles. The third kappa shape index (κ3) is 2.68. The fraction of sp³-hybridized carbons (Fsp3) is 0.867. The molecule has 0 bridgehead atoms. The second-order valence-corrected chi connectivity index (χ2v) is 6.76. The first-order valence-corrected chi connectivity index (χ1v) is 7.64. The summed E-state index contributed by atoms with van der Waals surface area (Å²) < 4.78 is 0. The van der Waals surface area contributed by atoms with Gasteiger partial charge in [-0.05, 0) is 38.8 Å². The molecule has 0 spiro atoms. The Bertz CT molecular complexity index is 397. The highest BCUT2D eigenvalue weighted by atomic mass is 16.2. The number of piperazine rings is 1. The van der Waals surface area contributed by atoms with Crippen LogP contribution in [0.15, 0.2) is 0 Å². The van der Waals surface area contributed by atoms with Crippen molar-refractivity contribution < 1.29 is 9.59 Å². The number of piperidine rings is 1. The van der Waals surface area contributed by atoms with Gasteiger partial charge in [-0.2, -0.15) is 0 Å². The molecule has 5 nitrogen and oxygen atoms in total. The van der Waals surface area contributed by atoms with Crippen molar-refractivity contribution in [1.29, 1.82) is 0 Å². The van der Waals surface area contributed by atoms with Crippen LogP contribution in [0.3, 0.4) is 0 Å². The van der Waals surface area contributed by atoms with E-state index in [2.05, 4.69) is 24.2 Å². The molecule has 4 unspecified atom stereocenters. The van der Waals surface area contributed by atoms with Crippen LogP contribution >= 0.6 is 0 Å². The van der Waals surface area contributed by atoms with Crippen molar-refractivity contribution in [3.05, 3.63) is 0 Å². The molecule has 0 saturated carbocycles. The first-order valence-electron chi connectivity index (χ1n) is 7.64. The van der Waals surface area contributed by atoms with Crippen molar-refractivity contribution in [2.45, 2.75) is 52.2 Å². The van der Waals surface area contributed by atoms with Gasteiger partial charge in [0.1, 0.15) is 12.1 Å². The summed E-state index contributed by atoms with van der Waals surface area (Å²) in [5, 5.41) is 2.81. The third-order valence-electron chi connectivity index (χ3n) is 4.60. The van der Waals surface area contributed by atoms with Gasteiger partial charge in [0.25, 0.3) is 0 Å². The van der Waals surface area contributed by atoms with E-state index in [1.807, 2.05) is 18.7 Å². The van der Waals surface area contributed by atoms with E-state index >= 15 is 0 Å². The van der Waals surface area contributed by atoms with Gasteiger partial charge in [0.2, 0.25) is 11.8 Å². The Morgan fingerprint density at radius 3 is 2.45 bits per heavy atom. The maximum atomic E-state index is 12.6. The van der Waals surface area contributed by atoms with Gasteiger partial charge < -0.3 is 15.1 Å². The number of rotatable bonds is 2. The summed E-state index contributed by atoms with van der Waals surface area (Å²) in [5.74, 6) is 0.610. The summed E-state index contributed by atoms with van der Waals surface area (Å²) in [6.45, 7) is 9.96. The maximum absolute atomic E-state index is 12.6. The zero-order chi connectivity index (χ0) is 15.0. The normalized spacial score (nSPS) is 36.4. The van der Waals surface area contributed by atoms with E-state index in [1.54, 1.807) is 6.92 Å². The Hall–Kier alpha value is -1.10. The molecule has 20 heavy (non-hydrogen) atoms. The highest BCUT2D eigenvalue weighted by Gasteiger charge is 2.45. The number of carbonyl (C=O) groups is 2. The Labute approximate surface area is 121 Å². The molecular weight excluding hydrogens is 254 g/mol. The van der Waals surface area contributed by atoms with Crippen LogP contribution < -0.4 is 5.32 Å². The van der Waals surface area contributed by atoms with Crippen LogP contribution in [-0.2, 0) is 9.59 Å². The van der Waals surface area contributed by atoms with E-state index in [4.69, 9.17) is 0 Å². The van der Waals surface area contributed by atoms with E-state index in [9.17, 15) is 9.59 Å². The molecule has 114 valence electrons. The molecule has 5 heteroatoms. The lowest BCUT2D eigenvalue weighted by molar-refractivity contribution is -0.156. The van der Waals surface area contributed by atoms with Crippen molar-refractivity contribution in [1.82, 2.24) is 15.1 Å². The van der Waals surface area contributed by atoms with E-state index in [-0.39, 0.29) is 29.8 Å². The van der Waals surface area contributed by atoms with Crippen molar-refractivity contribution in [3.8, 4) is 0 Å². The van der Waals surface area contributed by atoms with Gasteiger partial charge in [-0.15, -0.1) is 0 Å². The number of nitrogens with zero attached hydrogens (tertiary/aromatic N) is 2. The third-order valence-corrected chi connectivity index (χ3v) is 4.60. The number of likely N-dealkylation sites (tertiary alicyclic amines) is 1. The summed E-state index contributed by atoms with van der Waals surface area (Å²) in [6.07, 6.45) is 0.951. The molecule has 2 aliphatic heterocycles. The molecule has 0 radical (unpaired) electrons. The predicted molar refractivity (Wildman–Crippen MR) is 78.1 cm³/mol. The van der Waals surface area contributed by atoms with Crippen LogP contribution in [0, 0.1) is 11.8 Å². The molecule has 2 saturated heterocycles. The maximum Gasteiger partial charge on any atom is 0.245 e. The number of hydrogen-bond donors (Lipinski definition) is 1. The molecule has 2 fully saturated rings. The Morgan fingerprint density at radius 1 is 1.25 bits per heavy atom. The lowest BCUT2D eigenvalue weighted by Crippen LogP contribution is -2.68. The van der Waals surface area contributed by atoms with Crippen molar-refractivity contribution in [3.63, 3.8) is 0 Å². The molecule has 1 N–H and O–H groups in total. The Kier molecular flexibility index (Phi) is 4.37. The van der Waals surface area contributed by atoms with Crippen molar-refractivity contribution in [2.75, 3.05) is 20.1 Å². The summed E-state index contributed by atoms with van der Waals surface area (Å²) in [5.41, 5.74) is 0. The summed E-state index contributed by atoms with van der Waals surface area (Å²) in [4.78, 5) is 29.1. The average Bonchev–Trinajstić information content (AvgIpc) is 2.33. The predicted octanol–water partition coefficient (Wildman–Crippen LogP) is 0.698.